The van der Waals surface area contributed by atoms with Gasteiger partial charge in [-0.15, -0.1) is 0 Å². The van der Waals surface area contributed by atoms with Gasteiger partial charge in [0, 0.05) is 31.2 Å². The molecule has 1 atom stereocenters. The third kappa shape index (κ3) is 4.39. The lowest BCUT2D eigenvalue weighted by Gasteiger charge is -2.31. The van der Waals surface area contributed by atoms with Crippen molar-refractivity contribution in [3.8, 4) is 17.1 Å². The zero-order valence-electron chi connectivity index (χ0n) is 17.4. The lowest BCUT2D eigenvalue weighted by molar-refractivity contribution is 0.0698. The summed E-state index contributed by atoms with van der Waals surface area (Å²) in [4.78, 5) is 14.3. The van der Waals surface area contributed by atoms with Gasteiger partial charge in [0.1, 0.15) is 0 Å². The Balaban J connectivity index is 1.51. The number of hydrogen-bond donors (Lipinski definition) is 2. The number of carboxylic acids is 1. The van der Waals surface area contributed by atoms with Crippen molar-refractivity contribution in [2.24, 2.45) is 0 Å². The summed E-state index contributed by atoms with van der Waals surface area (Å²) in [5, 5.41) is 16.9. The first-order chi connectivity index (χ1) is 15.0. The van der Waals surface area contributed by atoms with Gasteiger partial charge in [0.25, 0.3) is 0 Å². The summed E-state index contributed by atoms with van der Waals surface area (Å²) < 4.78 is 24.1. The Morgan fingerprint density at radius 2 is 2.10 bits per heavy atom. The fourth-order valence-electron chi connectivity index (χ4n) is 3.96. The Morgan fingerprint density at radius 1 is 1.32 bits per heavy atom. The van der Waals surface area contributed by atoms with Crippen LogP contribution in [0.25, 0.3) is 11.3 Å². The summed E-state index contributed by atoms with van der Waals surface area (Å²) in [7, 11) is 1.34. The summed E-state index contributed by atoms with van der Waals surface area (Å²) in [6.45, 7) is 4.49. The molecule has 162 valence electrons. The molecule has 0 saturated carbocycles. The number of rotatable bonds is 7. The van der Waals surface area contributed by atoms with E-state index < -0.39 is 11.8 Å². The lowest BCUT2D eigenvalue weighted by atomic mass is 9.99. The molecule has 1 aliphatic heterocycles. The number of aromatic carboxylic acids is 1. The number of fused-ring (bicyclic) bond motifs is 1. The van der Waals surface area contributed by atoms with Crippen molar-refractivity contribution in [2.75, 3.05) is 25.5 Å². The van der Waals surface area contributed by atoms with Crippen LogP contribution in [-0.4, -0.2) is 47.4 Å². The first-order valence-corrected chi connectivity index (χ1v) is 10.1. The molecule has 7 nitrogen and oxygen atoms in total. The predicted molar refractivity (Wildman–Crippen MR) is 114 cm³/mol. The maximum atomic E-state index is 13.7. The number of carboxylic acid groups (broad SMARTS) is 1. The van der Waals surface area contributed by atoms with Crippen LogP contribution in [0.2, 0.25) is 0 Å². The summed E-state index contributed by atoms with van der Waals surface area (Å²) in [6, 6.07) is 12.4. The highest BCUT2D eigenvalue weighted by Crippen LogP contribution is 2.33. The fourth-order valence-corrected chi connectivity index (χ4v) is 3.96. The number of carbonyl (C=O) groups is 1. The van der Waals surface area contributed by atoms with Crippen LogP contribution in [0.15, 0.2) is 47.0 Å². The second-order valence-corrected chi connectivity index (χ2v) is 7.69. The van der Waals surface area contributed by atoms with E-state index in [1.165, 1.54) is 36.4 Å². The standard InChI is InChI=1S/C23H24FN3O4/c1-14(12-27-10-9-15-5-3-4-6-17(15)13-27)25-22-20(23(28)29)21(31-26-22)16-7-8-18(24)19(11-16)30-2/h3-8,11,14H,9-10,12-13H2,1-2H3,(H,25,26)(H,28,29). The van der Waals surface area contributed by atoms with Gasteiger partial charge in [-0.25, -0.2) is 9.18 Å². The van der Waals surface area contributed by atoms with Crippen molar-refractivity contribution in [1.82, 2.24) is 10.1 Å². The van der Waals surface area contributed by atoms with Crippen LogP contribution in [0.4, 0.5) is 10.2 Å². The normalized spacial score (nSPS) is 14.7. The molecule has 3 aromatic rings. The smallest absolute Gasteiger partial charge is 0.343 e. The van der Waals surface area contributed by atoms with Crippen LogP contribution < -0.4 is 10.1 Å². The number of ether oxygens (including phenoxy) is 1. The predicted octanol–water partition coefficient (Wildman–Crippen LogP) is 4.05. The van der Waals surface area contributed by atoms with Crippen LogP contribution in [-0.2, 0) is 13.0 Å². The second-order valence-electron chi connectivity index (χ2n) is 7.69. The molecule has 1 unspecified atom stereocenters. The van der Waals surface area contributed by atoms with Gasteiger partial charge >= 0.3 is 5.97 Å². The molecular formula is C23H24FN3O4. The molecule has 8 heteroatoms. The van der Waals surface area contributed by atoms with Gasteiger partial charge in [-0.3, -0.25) is 4.90 Å². The van der Waals surface area contributed by atoms with Crippen LogP contribution in [0.3, 0.4) is 0 Å². The van der Waals surface area contributed by atoms with Crippen LogP contribution in [0, 0.1) is 5.82 Å². The minimum absolute atomic E-state index is 0.00139. The first-order valence-electron chi connectivity index (χ1n) is 10.1. The number of aromatic nitrogens is 1. The highest BCUT2D eigenvalue weighted by atomic mass is 19.1. The molecule has 0 radical (unpaired) electrons. The molecule has 31 heavy (non-hydrogen) atoms. The van der Waals surface area contributed by atoms with Crippen molar-refractivity contribution in [3.05, 3.63) is 65.0 Å². The number of anilines is 1. The molecule has 2 heterocycles. The minimum atomic E-state index is -1.18. The van der Waals surface area contributed by atoms with E-state index in [0.29, 0.717) is 5.56 Å². The molecule has 0 amide bonds. The van der Waals surface area contributed by atoms with E-state index in [0.717, 1.165) is 26.1 Å². The number of hydrogen-bond acceptors (Lipinski definition) is 6. The molecule has 0 fully saturated rings. The Labute approximate surface area is 179 Å². The third-order valence-corrected chi connectivity index (χ3v) is 5.44. The quantitative estimate of drug-likeness (QED) is 0.591. The molecule has 4 rings (SSSR count). The van der Waals surface area contributed by atoms with E-state index in [2.05, 4.69) is 33.6 Å². The number of halogens is 1. The van der Waals surface area contributed by atoms with Gasteiger partial charge in [0.15, 0.2) is 28.7 Å². The Kier molecular flexibility index (Phi) is 5.90. The van der Waals surface area contributed by atoms with Crippen molar-refractivity contribution < 1.29 is 23.6 Å². The Bertz CT molecular complexity index is 1100. The van der Waals surface area contributed by atoms with Crippen LogP contribution >= 0.6 is 0 Å². The summed E-state index contributed by atoms with van der Waals surface area (Å²) in [5.41, 5.74) is 2.98. The van der Waals surface area contributed by atoms with E-state index in [1.54, 1.807) is 0 Å². The van der Waals surface area contributed by atoms with Gasteiger partial charge in [-0.1, -0.05) is 29.4 Å². The molecule has 2 aromatic carbocycles. The Hall–Kier alpha value is -3.39. The molecular weight excluding hydrogens is 401 g/mol. The van der Waals surface area contributed by atoms with E-state index in [-0.39, 0.29) is 28.9 Å². The lowest BCUT2D eigenvalue weighted by Crippen LogP contribution is -2.38. The topological polar surface area (TPSA) is 87.8 Å². The summed E-state index contributed by atoms with van der Waals surface area (Å²) >= 11 is 0. The average molecular weight is 425 g/mol. The van der Waals surface area contributed by atoms with Crippen LogP contribution in [0.5, 0.6) is 5.75 Å². The number of benzene rings is 2. The Morgan fingerprint density at radius 3 is 2.84 bits per heavy atom. The third-order valence-electron chi connectivity index (χ3n) is 5.44. The first kappa shape index (κ1) is 20.9. The summed E-state index contributed by atoms with van der Waals surface area (Å²) in [6.07, 6.45) is 0.990. The van der Waals surface area contributed by atoms with Gasteiger partial charge in [0.2, 0.25) is 0 Å². The molecule has 0 saturated heterocycles. The SMILES string of the molecule is COc1cc(-c2onc(NC(C)CN3CCc4ccccc4C3)c2C(=O)O)ccc1F. The maximum Gasteiger partial charge on any atom is 0.343 e. The second kappa shape index (κ2) is 8.77. The molecule has 0 spiro atoms. The van der Waals surface area contributed by atoms with E-state index in [9.17, 15) is 14.3 Å². The summed E-state index contributed by atoms with van der Waals surface area (Å²) in [5.74, 6) is -1.53. The molecule has 1 aromatic heterocycles. The largest absolute Gasteiger partial charge is 0.494 e. The van der Waals surface area contributed by atoms with E-state index in [4.69, 9.17) is 9.26 Å². The van der Waals surface area contributed by atoms with Crippen molar-refractivity contribution in [1.29, 1.82) is 0 Å². The van der Waals surface area contributed by atoms with Gasteiger partial charge in [-0.2, -0.15) is 0 Å². The van der Waals surface area contributed by atoms with Gasteiger partial charge in [0.05, 0.1) is 7.11 Å². The van der Waals surface area contributed by atoms with Gasteiger partial charge in [-0.05, 0) is 42.7 Å². The number of nitrogens with zero attached hydrogens (tertiary/aromatic N) is 2. The fraction of sp³-hybridized carbons (Fsp3) is 0.304. The maximum absolute atomic E-state index is 13.7. The molecule has 0 aliphatic carbocycles. The van der Waals surface area contributed by atoms with Crippen molar-refractivity contribution in [2.45, 2.75) is 25.9 Å². The zero-order chi connectivity index (χ0) is 22.0. The average Bonchev–Trinajstić information content (AvgIpc) is 3.17. The molecule has 0 bridgehead atoms. The molecule has 2 N–H and O–H groups in total. The number of nitrogens with one attached hydrogen (secondary N) is 1. The monoisotopic (exact) mass is 425 g/mol. The highest BCUT2D eigenvalue weighted by Gasteiger charge is 2.26. The van der Waals surface area contributed by atoms with Crippen molar-refractivity contribution >= 4 is 11.8 Å². The van der Waals surface area contributed by atoms with Gasteiger partial charge < -0.3 is 19.7 Å². The van der Waals surface area contributed by atoms with Crippen molar-refractivity contribution in [3.63, 3.8) is 0 Å². The van der Waals surface area contributed by atoms with E-state index in [1.807, 2.05) is 13.0 Å². The number of methoxy groups -OCH3 is 1. The van der Waals surface area contributed by atoms with E-state index >= 15 is 0 Å². The minimum Gasteiger partial charge on any atom is -0.494 e. The van der Waals surface area contributed by atoms with Crippen LogP contribution in [0.1, 0.15) is 28.4 Å². The molecule has 1 aliphatic rings. The zero-order valence-corrected chi connectivity index (χ0v) is 17.4. The highest BCUT2D eigenvalue weighted by molar-refractivity contribution is 5.99.